The van der Waals surface area contributed by atoms with Gasteiger partial charge in [0.15, 0.2) is 0 Å². The first-order valence-corrected chi connectivity index (χ1v) is 8.70. The van der Waals surface area contributed by atoms with Crippen LogP contribution in [0.3, 0.4) is 0 Å². The monoisotopic (exact) mass is 341 g/mol. The van der Waals surface area contributed by atoms with Crippen LogP contribution in [0.4, 0.5) is 0 Å². The Hall–Kier alpha value is -2.18. The van der Waals surface area contributed by atoms with E-state index in [4.69, 9.17) is 9.47 Å². The fourth-order valence-corrected chi connectivity index (χ4v) is 3.50. The molecule has 1 spiro atoms. The molecule has 2 fully saturated rings. The highest BCUT2D eigenvalue weighted by Gasteiger charge is 2.42. The maximum Gasteiger partial charge on any atom is 0.272 e. The van der Waals surface area contributed by atoms with Crippen LogP contribution in [0.1, 0.15) is 28.0 Å². The molecule has 25 heavy (non-hydrogen) atoms. The lowest BCUT2D eigenvalue weighted by atomic mass is 10.0. The van der Waals surface area contributed by atoms with Crippen molar-refractivity contribution < 1.29 is 14.3 Å². The van der Waals surface area contributed by atoms with Crippen molar-refractivity contribution in [1.82, 2.24) is 15.1 Å². The molecule has 6 heteroatoms. The highest BCUT2D eigenvalue weighted by molar-refractivity contribution is 5.93. The van der Waals surface area contributed by atoms with Crippen molar-refractivity contribution in [2.45, 2.75) is 25.9 Å². The summed E-state index contributed by atoms with van der Waals surface area (Å²) in [6.07, 6.45) is 0.841. The van der Waals surface area contributed by atoms with E-state index in [1.54, 1.807) is 0 Å². The number of hydrogen-bond donors (Lipinski definition) is 1. The molecule has 2 saturated heterocycles. The second-order valence-corrected chi connectivity index (χ2v) is 7.03. The molecule has 2 aliphatic heterocycles. The zero-order valence-electron chi connectivity index (χ0n) is 14.7. The lowest BCUT2D eigenvalue weighted by Crippen LogP contribution is -2.54. The summed E-state index contributed by atoms with van der Waals surface area (Å²) in [6.45, 7) is 7.14. The van der Waals surface area contributed by atoms with Crippen LogP contribution in [0.15, 0.2) is 24.3 Å². The minimum Gasteiger partial charge on any atom is -0.378 e. The number of aryl methyl sites for hydroxylation is 2. The number of carbonyl (C=O) groups excluding carboxylic acids is 1. The van der Waals surface area contributed by atoms with E-state index in [0.717, 1.165) is 17.7 Å². The molecule has 3 heterocycles. The second kappa shape index (κ2) is 6.28. The topological polar surface area (TPSA) is 67.5 Å². The first-order valence-electron chi connectivity index (χ1n) is 8.70. The van der Waals surface area contributed by atoms with Gasteiger partial charge in [0, 0.05) is 25.1 Å². The van der Waals surface area contributed by atoms with Crippen molar-refractivity contribution in [3.8, 4) is 11.3 Å². The van der Waals surface area contributed by atoms with Gasteiger partial charge in [-0.3, -0.25) is 9.89 Å². The minimum atomic E-state index is -0.329. The maximum absolute atomic E-state index is 12.9. The normalized spacial score (nSPS) is 23.4. The number of aromatic nitrogens is 2. The van der Waals surface area contributed by atoms with Crippen LogP contribution in [0.2, 0.25) is 0 Å². The molecule has 2 aliphatic rings. The average molecular weight is 341 g/mol. The summed E-state index contributed by atoms with van der Waals surface area (Å²) in [5.74, 6) is -0.0304. The number of hydrogen-bond acceptors (Lipinski definition) is 4. The van der Waals surface area contributed by atoms with Crippen LogP contribution in [-0.2, 0) is 9.47 Å². The van der Waals surface area contributed by atoms with Gasteiger partial charge in [-0.2, -0.15) is 5.10 Å². The van der Waals surface area contributed by atoms with Crippen LogP contribution in [0.25, 0.3) is 11.3 Å². The zero-order valence-corrected chi connectivity index (χ0v) is 14.7. The number of aromatic amines is 1. The van der Waals surface area contributed by atoms with Crippen molar-refractivity contribution in [2.75, 3.05) is 32.9 Å². The fraction of sp³-hybridized carbons (Fsp3) is 0.474. The molecule has 0 saturated carbocycles. The van der Waals surface area contributed by atoms with E-state index in [-0.39, 0.29) is 11.5 Å². The Balaban J connectivity index is 1.53. The van der Waals surface area contributed by atoms with Crippen molar-refractivity contribution in [3.63, 3.8) is 0 Å². The molecule has 1 amide bonds. The summed E-state index contributed by atoms with van der Waals surface area (Å²) < 4.78 is 11.4. The van der Waals surface area contributed by atoms with Crippen molar-refractivity contribution >= 4 is 5.91 Å². The van der Waals surface area contributed by atoms with Gasteiger partial charge in [-0.05, 0) is 37.1 Å². The Morgan fingerprint density at radius 3 is 2.88 bits per heavy atom. The molecule has 0 unspecified atom stereocenters. The Labute approximate surface area is 147 Å². The highest BCUT2D eigenvalue weighted by Crippen LogP contribution is 2.28. The lowest BCUT2D eigenvalue weighted by Gasteiger charge is -2.39. The molecule has 0 aliphatic carbocycles. The van der Waals surface area contributed by atoms with Gasteiger partial charge in [0.2, 0.25) is 0 Å². The number of ether oxygens (including phenoxy) is 2. The number of rotatable bonds is 2. The maximum atomic E-state index is 12.9. The largest absolute Gasteiger partial charge is 0.378 e. The van der Waals surface area contributed by atoms with Gasteiger partial charge in [-0.25, -0.2) is 0 Å². The number of benzene rings is 1. The van der Waals surface area contributed by atoms with Gasteiger partial charge in [0.25, 0.3) is 5.91 Å². The van der Waals surface area contributed by atoms with Crippen LogP contribution < -0.4 is 0 Å². The number of nitrogens with one attached hydrogen (secondary N) is 1. The number of morpholine rings is 1. The third-order valence-electron chi connectivity index (χ3n) is 5.21. The molecule has 1 N–H and O–H groups in total. The highest BCUT2D eigenvalue weighted by atomic mass is 16.6. The SMILES string of the molecule is Cc1ccc(-c2cc(C(=O)N3CCO[C@@]4(CCOC4)C3)[nH]n2)cc1C. The first-order chi connectivity index (χ1) is 12.1. The Morgan fingerprint density at radius 1 is 1.24 bits per heavy atom. The van der Waals surface area contributed by atoms with Crippen molar-refractivity contribution in [2.24, 2.45) is 0 Å². The number of nitrogens with zero attached hydrogens (tertiary/aromatic N) is 2. The molecule has 4 rings (SSSR count). The van der Waals surface area contributed by atoms with E-state index < -0.39 is 0 Å². The predicted octanol–water partition coefficient (Wildman–Crippen LogP) is 2.33. The van der Waals surface area contributed by atoms with Crippen LogP contribution in [0.5, 0.6) is 0 Å². The Bertz CT molecular complexity index is 793. The molecule has 0 bridgehead atoms. The summed E-state index contributed by atoms with van der Waals surface area (Å²) in [4.78, 5) is 14.7. The fourth-order valence-electron chi connectivity index (χ4n) is 3.50. The third kappa shape index (κ3) is 3.07. The Kier molecular flexibility index (Phi) is 4.09. The summed E-state index contributed by atoms with van der Waals surface area (Å²) in [6, 6.07) is 8.04. The third-order valence-corrected chi connectivity index (χ3v) is 5.21. The van der Waals surface area contributed by atoms with E-state index in [1.807, 2.05) is 17.0 Å². The quantitative estimate of drug-likeness (QED) is 0.910. The zero-order chi connectivity index (χ0) is 17.4. The standard InChI is InChI=1S/C19H23N3O3/c1-13-3-4-15(9-14(13)2)16-10-17(21-20-16)18(23)22-6-8-25-19(11-22)5-7-24-12-19/h3-4,9-10H,5-8,11-12H2,1-2H3,(H,20,21)/t19-/m0/s1. The van der Waals surface area contributed by atoms with E-state index in [9.17, 15) is 4.79 Å². The summed E-state index contributed by atoms with van der Waals surface area (Å²) in [5.41, 5.74) is 4.45. The smallest absolute Gasteiger partial charge is 0.272 e. The van der Waals surface area contributed by atoms with Gasteiger partial charge >= 0.3 is 0 Å². The molecular weight excluding hydrogens is 318 g/mol. The number of H-pyrrole nitrogens is 1. The average Bonchev–Trinajstić information content (AvgIpc) is 3.27. The summed E-state index contributed by atoms with van der Waals surface area (Å²) in [7, 11) is 0. The van der Waals surface area contributed by atoms with Crippen LogP contribution >= 0.6 is 0 Å². The summed E-state index contributed by atoms with van der Waals surface area (Å²) >= 11 is 0. The van der Waals surface area contributed by atoms with E-state index in [0.29, 0.717) is 38.6 Å². The van der Waals surface area contributed by atoms with Gasteiger partial charge < -0.3 is 14.4 Å². The van der Waals surface area contributed by atoms with E-state index in [2.05, 4.69) is 36.2 Å². The van der Waals surface area contributed by atoms with Crippen molar-refractivity contribution in [1.29, 1.82) is 0 Å². The summed E-state index contributed by atoms with van der Waals surface area (Å²) in [5, 5.41) is 7.23. The second-order valence-electron chi connectivity index (χ2n) is 7.03. The molecular formula is C19H23N3O3. The van der Waals surface area contributed by atoms with Gasteiger partial charge in [0.05, 0.1) is 25.5 Å². The van der Waals surface area contributed by atoms with Gasteiger partial charge in [-0.1, -0.05) is 12.1 Å². The molecule has 6 nitrogen and oxygen atoms in total. The Morgan fingerprint density at radius 2 is 2.12 bits per heavy atom. The number of amides is 1. The van der Waals surface area contributed by atoms with E-state index >= 15 is 0 Å². The lowest BCUT2D eigenvalue weighted by molar-refractivity contribution is -0.0996. The molecule has 1 aromatic heterocycles. The molecule has 2 aromatic rings. The number of carbonyl (C=O) groups is 1. The van der Waals surface area contributed by atoms with Crippen LogP contribution in [-0.4, -0.2) is 59.5 Å². The molecule has 1 atom stereocenters. The minimum absolute atomic E-state index is 0.0304. The van der Waals surface area contributed by atoms with E-state index in [1.165, 1.54) is 11.1 Å². The molecule has 132 valence electrons. The molecule has 0 radical (unpaired) electrons. The predicted molar refractivity (Wildman–Crippen MR) is 93.5 cm³/mol. The van der Waals surface area contributed by atoms with Crippen LogP contribution in [0, 0.1) is 13.8 Å². The van der Waals surface area contributed by atoms with Gasteiger partial charge in [-0.15, -0.1) is 0 Å². The van der Waals surface area contributed by atoms with Crippen molar-refractivity contribution in [3.05, 3.63) is 41.1 Å². The first kappa shape index (κ1) is 16.3. The van der Waals surface area contributed by atoms with Gasteiger partial charge in [0.1, 0.15) is 11.3 Å². The molecule has 1 aromatic carbocycles.